The molecule has 0 amide bonds. The second-order valence-electron chi connectivity index (χ2n) is 5.82. The van der Waals surface area contributed by atoms with E-state index in [-0.39, 0.29) is 0 Å². The molecule has 24 heavy (non-hydrogen) atoms. The highest BCUT2D eigenvalue weighted by Crippen LogP contribution is 2.40. The number of rotatable bonds is 7. The molecular weight excluding hydrogens is 526 g/mol. The van der Waals surface area contributed by atoms with Gasteiger partial charge in [0.05, 0.1) is 21.4 Å². The number of hydrogen-bond donors (Lipinski definition) is 0. The summed E-state index contributed by atoms with van der Waals surface area (Å²) in [6.07, 6.45) is 2.23. The average Bonchev–Trinajstić information content (AvgIpc) is 2.59. The van der Waals surface area contributed by atoms with Crippen LogP contribution in [-0.4, -0.2) is 14.2 Å². The van der Waals surface area contributed by atoms with E-state index >= 15 is 0 Å². The Morgan fingerprint density at radius 1 is 0.750 bits per heavy atom. The fourth-order valence-electron chi connectivity index (χ4n) is 3.33. The first-order chi connectivity index (χ1) is 11.5. The molecule has 0 heterocycles. The van der Waals surface area contributed by atoms with Crippen LogP contribution in [0.5, 0.6) is 11.5 Å². The number of ether oxygens (including phenoxy) is 2. The second-order valence-corrected chi connectivity index (χ2v) is 8.14. The Kier molecular flexibility index (Phi) is 7.65. The quantitative estimate of drug-likeness (QED) is 0.362. The lowest BCUT2D eigenvalue weighted by atomic mass is 9.78. The predicted octanol–water partition coefficient (Wildman–Crippen LogP) is 6.60. The van der Waals surface area contributed by atoms with Crippen LogP contribution in [0.1, 0.15) is 49.7 Å². The van der Waals surface area contributed by atoms with Gasteiger partial charge in [-0.15, -0.1) is 0 Å². The zero-order valence-electron chi connectivity index (χ0n) is 14.6. The molecular formula is C20H24I2O2. The highest BCUT2D eigenvalue weighted by atomic mass is 127. The van der Waals surface area contributed by atoms with Crippen molar-refractivity contribution in [2.45, 2.75) is 38.5 Å². The lowest BCUT2D eigenvalue weighted by Gasteiger charge is -2.27. The molecule has 130 valence electrons. The normalized spacial score (nSPS) is 13.4. The molecule has 0 saturated carbocycles. The van der Waals surface area contributed by atoms with Gasteiger partial charge < -0.3 is 9.47 Å². The molecule has 0 N–H and O–H groups in total. The third kappa shape index (κ3) is 4.36. The van der Waals surface area contributed by atoms with Crippen molar-refractivity contribution < 1.29 is 9.47 Å². The van der Waals surface area contributed by atoms with Gasteiger partial charge in [0.15, 0.2) is 0 Å². The average molecular weight is 550 g/mol. The summed E-state index contributed by atoms with van der Waals surface area (Å²) in [6.45, 7) is 4.55. The molecule has 2 aromatic rings. The van der Waals surface area contributed by atoms with E-state index in [2.05, 4.69) is 95.4 Å². The first kappa shape index (κ1) is 19.8. The van der Waals surface area contributed by atoms with Crippen LogP contribution >= 0.6 is 45.2 Å². The zero-order valence-corrected chi connectivity index (χ0v) is 18.9. The van der Waals surface area contributed by atoms with Gasteiger partial charge in [-0.3, -0.25) is 0 Å². The topological polar surface area (TPSA) is 18.5 Å². The number of hydrogen-bond acceptors (Lipinski definition) is 2. The van der Waals surface area contributed by atoms with Gasteiger partial charge in [0.25, 0.3) is 0 Å². The largest absolute Gasteiger partial charge is 0.496 e. The van der Waals surface area contributed by atoms with Gasteiger partial charge in [-0.1, -0.05) is 26.0 Å². The fourth-order valence-corrected chi connectivity index (χ4v) is 4.85. The molecule has 0 radical (unpaired) electrons. The van der Waals surface area contributed by atoms with Crippen LogP contribution in [0.25, 0.3) is 0 Å². The third-order valence-corrected chi connectivity index (χ3v) is 6.26. The Balaban J connectivity index is 2.39. The SMILES string of the molecule is CCC(c1ccc(OC)c(I)c1)C(CC)c1ccc(OC)c(I)c1. The predicted molar refractivity (Wildman–Crippen MR) is 117 cm³/mol. The van der Waals surface area contributed by atoms with Gasteiger partial charge >= 0.3 is 0 Å². The molecule has 2 aromatic carbocycles. The lowest BCUT2D eigenvalue weighted by Crippen LogP contribution is -2.11. The van der Waals surface area contributed by atoms with Crippen molar-refractivity contribution in [2.75, 3.05) is 14.2 Å². The Morgan fingerprint density at radius 3 is 1.38 bits per heavy atom. The molecule has 2 rings (SSSR count). The van der Waals surface area contributed by atoms with Crippen LogP contribution in [-0.2, 0) is 0 Å². The van der Waals surface area contributed by atoms with Gasteiger partial charge in [0.2, 0.25) is 0 Å². The summed E-state index contributed by atoms with van der Waals surface area (Å²) in [7, 11) is 3.45. The number of benzene rings is 2. The smallest absolute Gasteiger partial charge is 0.132 e. The van der Waals surface area contributed by atoms with Gasteiger partial charge in [0.1, 0.15) is 11.5 Å². The maximum atomic E-state index is 5.40. The summed E-state index contributed by atoms with van der Waals surface area (Å²) >= 11 is 4.72. The summed E-state index contributed by atoms with van der Waals surface area (Å²) in [5.41, 5.74) is 2.78. The molecule has 2 nitrogen and oxygen atoms in total. The van der Waals surface area contributed by atoms with Crippen molar-refractivity contribution in [3.8, 4) is 11.5 Å². The first-order valence-corrected chi connectivity index (χ1v) is 10.4. The summed E-state index contributed by atoms with van der Waals surface area (Å²) in [5.74, 6) is 2.89. The van der Waals surface area contributed by atoms with E-state index in [0.29, 0.717) is 11.8 Å². The van der Waals surface area contributed by atoms with Crippen molar-refractivity contribution in [3.05, 3.63) is 54.7 Å². The maximum absolute atomic E-state index is 5.40. The monoisotopic (exact) mass is 550 g/mol. The van der Waals surface area contributed by atoms with E-state index < -0.39 is 0 Å². The Morgan fingerprint density at radius 2 is 1.12 bits per heavy atom. The van der Waals surface area contributed by atoms with Crippen molar-refractivity contribution >= 4 is 45.2 Å². The third-order valence-electron chi connectivity index (χ3n) is 4.57. The summed E-state index contributed by atoms with van der Waals surface area (Å²) in [5, 5.41) is 0. The zero-order chi connectivity index (χ0) is 17.7. The molecule has 0 fully saturated rings. The van der Waals surface area contributed by atoms with Gasteiger partial charge in [0, 0.05) is 0 Å². The first-order valence-electron chi connectivity index (χ1n) is 8.22. The Bertz CT molecular complexity index is 626. The highest BCUT2D eigenvalue weighted by Gasteiger charge is 2.23. The van der Waals surface area contributed by atoms with Crippen LogP contribution in [0.15, 0.2) is 36.4 Å². The fraction of sp³-hybridized carbons (Fsp3) is 0.400. The minimum atomic E-state index is 0.499. The van der Waals surface area contributed by atoms with Crippen molar-refractivity contribution in [1.82, 2.24) is 0 Å². The van der Waals surface area contributed by atoms with E-state index in [9.17, 15) is 0 Å². The molecule has 2 unspecified atom stereocenters. The number of halogens is 2. The van der Waals surface area contributed by atoms with E-state index in [1.807, 2.05) is 0 Å². The van der Waals surface area contributed by atoms with Gasteiger partial charge in [-0.2, -0.15) is 0 Å². The van der Waals surface area contributed by atoms with Crippen LogP contribution in [0.3, 0.4) is 0 Å². The van der Waals surface area contributed by atoms with Crippen molar-refractivity contribution in [1.29, 1.82) is 0 Å². The molecule has 0 saturated heterocycles. The van der Waals surface area contributed by atoms with E-state index in [4.69, 9.17) is 9.47 Å². The highest BCUT2D eigenvalue weighted by molar-refractivity contribution is 14.1. The molecule has 2 atom stereocenters. The van der Waals surface area contributed by atoms with Crippen molar-refractivity contribution in [2.24, 2.45) is 0 Å². The number of methoxy groups -OCH3 is 2. The summed E-state index contributed by atoms with van der Waals surface area (Å²) < 4.78 is 13.2. The Labute approximate surface area is 172 Å². The summed E-state index contributed by atoms with van der Waals surface area (Å²) in [6, 6.07) is 13.1. The van der Waals surface area contributed by atoms with E-state index in [0.717, 1.165) is 24.3 Å². The molecule has 0 aliphatic rings. The van der Waals surface area contributed by atoms with E-state index in [1.165, 1.54) is 18.3 Å². The van der Waals surface area contributed by atoms with Gasteiger partial charge in [-0.05, 0) is 105 Å². The summed E-state index contributed by atoms with van der Waals surface area (Å²) in [4.78, 5) is 0. The van der Waals surface area contributed by atoms with Crippen LogP contribution in [0.2, 0.25) is 0 Å². The van der Waals surface area contributed by atoms with Crippen LogP contribution in [0.4, 0.5) is 0 Å². The molecule has 0 spiro atoms. The van der Waals surface area contributed by atoms with Crippen LogP contribution < -0.4 is 9.47 Å². The molecule has 0 aliphatic heterocycles. The second kappa shape index (κ2) is 9.27. The molecule has 4 heteroatoms. The van der Waals surface area contributed by atoms with Crippen LogP contribution in [0, 0.1) is 7.14 Å². The minimum Gasteiger partial charge on any atom is -0.496 e. The van der Waals surface area contributed by atoms with Crippen molar-refractivity contribution in [3.63, 3.8) is 0 Å². The molecule has 0 aromatic heterocycles. The molecule has 0 aliphatic carbocycles. The standard InChI is InChI=1S/C20H24I2O2/c1-5-15(13-7-9-19(23-3)17(21)11-13)16(6-2)14-8-10-20(24-4)18(22)12-14/h7-12,15-16H,5-6H2,1-4H3. The molecule has 0 bridgehead atoms. The van der Waals surface area contributed by atoms with Gasteiger partial charge in [-0.25, -0.2) is 0 Å². The maximum Gasteiger partial charge on any atom is 0.132 e. The Hall–Kier alpha value is -0.500. The van der Waals surface area contributed by atoms with E-state index in [1.54, 1.807) is 14.2 Å². The lowest BCUT2D eigenvalue weighted by molar-refractivity contribution is 0.410. The minimum absolute atomic E-state index is 0.499.